The second kappa shape index (κ2) is 5.49. The lowest BCUT2D eigenvalue weighted by Crippen LogP contribution is -2.43. The molecular weight excluding hydrogens is 290 g/mol. The Balaban J connectivity index is 2.21. The normalized spacial score (nSPS) is 26.4. The zero-order valence-electron chi connectivity index (χ0n) is 10.6. The molecule has 2 rings (SSSR count). The summed E-state index contributed by atoms with van der Waals surface area (Å²) in [7, 11) is -3.31. The number of halogens is 1. The molecule has 1 saturated heterocycles. The van der Waals surface area contributed by atoms with Crippen molar-refractivity contribution in [1.29, 1.82) is 0 Å². The Morgan fingerprint density at radius 3 is 2.78 bits per heavy atom. The summed E-state index contributed by atoms with van der Waals surface area (Å²) in [5.74, 6) is 0.209. The van der Waals surface area contributed by atoms with Gasteiger partial charge in [-0.3, -0.25) is 0 Å². The van der Waals surface area contributed by atoms with Gasteiger partial charge in [-0.15, -0.1) is 22.9 Å². The van der Waals surface area contributed by atoms with E-state index < -0.39 is 10.0 Å². The van der Waals surface area contributed by atoms with Crippen LogP contribution in [0.2, 0.25) is 0 Å². The first-order chi connectivity index (χ1) is 8.45. The molecule has 0 radical (unpaired) electrons. The molecule has 2 heterocycles. The summed E-state index contributed by atoms with van der Waals surface area (Å²) in [4.78, 5) is 1.11. The van der Waals surface area contributed by atoms with Gasteiger partial charge in [-0.25, -0.2) is 8.42 Å². The summed E-state index contributed by atoms with van der Waals surface area (Å²) in [5.41, 5.74) is 0. The summed E-state index contributed by atoms with van der Waals surface area (Å²) in [6.07, 6.45) is 1.61. The van der Waals surface area contributed by atoms with E-state index in [2.05, 4.69) is 0 Å². The molecule has 2 unspecified atom stereocenters. The molecule has 1 fully saturated rings. The highest BCUT2D eigenvalue weighted by molar-refractivity contribution is 7.91. The van der Waals surface area contributed by atoms with Crippen molar-refractivity contribution in [3.63, 3.8) is 0 Å². The number of hydrogen-bond acceptors (Lipinski definition) is 3. The molecule has 1 aliphatic heterocycles. The predicted molar refractivity (Wildman–Crippen MR) is 75.9 cm³/mol. The molecule has 0 aromatic carbocycles. The van der Waals surface area contributed by atoms with E-state index in [0.29, 0.717) is 17.3 Å². The highest BCUT2D eigenvalue weighted by Gasteiger charge is 2.33. The quantitative estimate of drug-likeness (QED) is 0.805. The van der Waals surface area contributed by atoms with E-state index in [4.69, 9.17) is 11.6 Å². The van der Waals surface area contributed by atoms with Crippen LogP contribution in [0.15, 0.2) is 16.3 Å². The molecular formula is C12H18ClNO2S2. The van der Waals surface area contributed by atoms with E-state index >= 15 is 0 Å². The van der Waals surface area contributed by atoms with Gasteiger partial charge in [0.05, 0.1) is 0 Å². The zero-order chi connectivity index (χ0) is 13.3. The van der Waals surface area contributed by atoms with Crippen LogP contribution in [0.25, 0.3) is 0 Å². The Morgan fingerprint density at radius 1 is 1.50 bits per heavy atom. The number of sulfonamides is 1. The van der Waals surface area contributed by atoms with E-state index in [1.54, 1.807) is 10.4 Å². The van der Waals surface area contributed by atoms with Gasteiger partial charge in [0.1, 0.15) is 4.21 Å². The number of piperidine rings is 1. The second-order valence-corrected chi connectivity index (χ2v) is 8.61. The average Bonchev–Trinajstić information content (AvgIpc) is 2.81. The first kappa shape index (κ1) is 14.3. The van der Waals surface area contributed by atoms with Crippen molar-refractivity contribution in [3.05, 3.63) is 17.0 Å². The third-order valence-electron chi connectivity index (χ3n) is 3.34. The summed E-state index contributed by atoms with van der Waals surface area (Å²) in [5, 5.41) is 0.0889. The van der Waals surface area contributed by atoms with Crippen LogP contribution in [0.4, 0.5) is 0 Å². The van der Waals surface area contributed by atoms with Gasteiger partial charge in [-0.1, -0.05) is 13.8 Å². The van der Waals surface area contributed by atoms with Crippen molar-refractivity contribution >= 4 is 33.0 Å². The number of nitrogens with zero attached hydrogens (tertiary/aromatic N) is 1. The Hall–Kier alpha value is -0.100. The molecule has 0 spiro atoms. The number of hydrogen-bond donors (Lipinski definition) is 0. The van der Waals surface area contributed by atoms with Crippen LogP contribution >= 0.6 is 22.9 Å². The predicted octanol–water partition coefficient (Wildman–Crippen LogP) is 2.95. The Bertz CT molecular complexity index is 512. The van der Waals surface area contributed by atoms with Crippen LogP contribution < -0.4 is 0 Å². The number of alkyl halides is 1. The van der Waals surface area contributed by atoms with Gasteiger partial charge in [-0.2, -0.15) is 4.31 Å². The van der Waals surface area contributed by atoms with E-state index in [-0.39, 0.29) is 11.3 Å². The minimum atomic E-state index is -3.31. The van der Waals surface area contributed by atoms with E-state index in [1.165, 1.54) is 11.3 Å². The van der Waals surface area contributed by atoms with Gasteiger partial charge in [0.2, 0.25) is 0 Å². The largest absolute Gasteiger partial charge is 0.252 e. The van der Waals surface area contributed by atoms with Gasteiger partial charge in [0.15, 0.2) is 0 Å². The highest BCUT2D eigenvalue weighted by atomic mass is 35.5. The third kappa shape index (κ3) is 2.74. The molecule has 102 valence electrons. The molecule has 3 nitrogen and oxygen atoms in total. The fourth-order valence-electron chi connectivity index (χ4n) is 2.11. The Labute approximate surface area is 118 Å². The van der Waals surface area contributed by atoms with E-state index in [1.807, 2.05) is 19.9 Å². The highest BCUT2D eigenvalue weighted by Crippen LogP contribution is 2.30. The lowest BCUT2D eigenvalue weighted by Gasteiger charge is -2.32. The maximum Gasteiger partial charge on any atom is 0.252 e. The molecule has 0 saturated carbocycles. The summed E-state index contributed by atoms with van der Waals surface area (Å²) < 4.78 is 27.0. The van der Waals surface area contributed by atoms with Gasteiger partial charge >= 0.3 is 0 Å². The molecule has 0 bridgehead atoms. The summed E-state index contributed by atoms with van der Waals surface area (Å²) in [6, 6.07) is 3.62. The number of aryl methyl sites for hydroxylation is 1. The molecule has 1 aromatic rings. The number of rotatable bonds is 3. The van der Waals surface area contributed by atoms with Crippen LogP contribution in [0.5, 0.6) is 0 Å². The first-order valence-electron chi connectivity index (χ1n) is 6.18. The van der Waals surface area contributed by atoms with Crippen molar-refractivity contribution in [3.8, 4) is 0 Å². The SMILES string of the molecule is CCc1ccc(S(=O)(=O)N2CCC(Cl)C(C)C2)s1. The Morgan fingerprint density at radius 2 is 2.22 bits per heavy atom. The van der Waals surface area contributed by atoms with Crippen LogP contribution in [-0.4, -0.2) is 31.2 Å². The van der Waals surface area contributed by atoms with Gasteiger partial charge in [0, 0.05) is 23.3 Å². The van der Waals surface area contributed by atoms with Crippen molar-refractivity contribution < 1.29 is 8.42 Å². The topological polar surface area (TPSA) is 37.4 Å². The van der Waals surface area contributed by atoms with E-state index in [9.17, 15) is 8.42 Å². The van der Waals surface area contributed by atoms with Gasteiger partial charge in [-0.05, 0) is 30.9 Å². The lowest BCUT2D eigenvalue weighted by molar-refractivity contribution is 0.286. The van der Waals surface area contributed by atoms with Crippen LogP contribution in [0, 0.1) is 5.92 Å². The minimum absolute atomic E-state index is 0.0889. The fourth-order valence-corrected chi connectivity index (χ4v) is 5.29. The second-order valence-electron chi connectivity index (χ2n) is 4.72. The molecule has 0 aliphatic carbocycles. The minimum Gasteiger partial charge on any atom is -0.206 e. The zero-order valence-corrected chi connectivity index (χ0v) is 13.0. The molecule has 6 heteroatoms. The summed E-state index contributed by atoms with van der Waals surface area (Å²) >= 11 is 7.51. The maximum atomic E-state index is 12.5. The van der Waals surface area contributed by atoms with Crippen molar-refractivity contribution in [2.75, 3.05) is 13.1 Å². The van der Waals surface area contributed by atoms with Crippen molar-refractivity contribution in [2.45, 2.75) is 36.3 Å². The van der Waals surface area contributed by atoms with Crippen molar-refractivity contribution in [2.24, 2.45) is 5.92 Å². The van der Waals surface area contributed by atoms with E-state index in [0.717, 1.165) is 17.7 Å². The van der Waals surface area contributed by atoms with Gasteiger partial charge < -0.3 is 0 Å². The summed E-state index contributed by atoms with van der Waals surface area (Å²) in [6.45, 7) is 5.09. The molecule has 18 heavy (non-hydrogen) atoms. The molecule has 1 aliphatic rings. The maximum absolute atomic E-state index is 12.5. The van der Waals surface area contributed by atoms with Crippen molar-refractivity contribution in [1.82, 2.24) is 4.31 Å². The lowest BCUT2D eigenvalue weighted by atomic mass is 10.0. The molecule has 1 aromatic heterocycles. The first-order valence-corrected chi connectivity index (χ1v) is 8.87. The third-order valence-corrected chi connectivity index (χ3v) is 7.55. The average molecular weight is 308 g/mol. The molecule has 2 atom stereocenters. The smallest absolute Gasteiger partial charge is 0.206 e. The standard InChI is InChI=1S/C12H18ClNO2S2/c1-3-10-4-5-12(17-10)18(15,16)14-7-6-11(13)9(2)8-14/h4-5,9,11H,3,6-8H2,1-2H3. The monoisotopic (exact) mass is 307 g/mol. The van der Waals surface area contributed by atoms with Gasteiger partial charge in [0.25, 0.3) is 10.0 Å². The molecule has 0 amide bonds. The Kier molecular flexibility index (Phi) is 4.36. The van der Waals surface area contributed by atoms with Crippen LogP contribution in [0.3, 0.4) is 0 Å². The van der Waals surface area contributed by atoms with Crippen LogP contribution in [-0.2, 0) is 16.4 Å². The fraction of sp³-hybridized carbons (Fsp3) is 0.667. The molecule has 0 N–H and O–H groups in total. The van der Waals surface area contributed by atoms with Crippen LogP contribution in [0.1, 0.15) is 25.1 Å². The number of thiophene rings is 1.